The minimum absolute atomic E-state index is 0.0236. The van der Waals surface area contributed by atoms with Gasteiger partial charge in [0.15, 0.2) is 5.76 Å². The quantitative estimate of drug-likeness (QED) is 0.493. The molecular weight excluding hydrogens is 353 g/mol. The average Bonchev–Trinajstić information content (AvgIpc) is 3.20. The first-order valence-electron chi connectivity index (χ1n) is 8.14. The standard InChI is InChI=1S/C21H13F3N2O/c22-16-6-7-17(18(23)10-16)21(24,15-11-25-13-26-12-15)20-9-8-19(27-20)14-4-2-1-3-5-14/h1-13H. The van der Waals surface area contributed by atoms with Crippen molar-refractivity contribution in [2.24, 2.45) is 0 Å². The lowest BCUT2D eigenvalue weighted by Gasteiger charge is -2.24. The number of nitrogens with zero attached hydrogens (tertiary/aromatic N) is 2. The molecule has 2 heterocycles. The second-order valence-corrected chi connectivity index (χ2v) is 5.94. The Bertz CT molecular complexity index is 1070. The van der Waals surface area contributed by atoms with E-state index in [1.807, 2.05) is 30.3 Å². The van der Waals surface area contributed by atoms with Crippen molar-refractivity contribution in [1.82, 2.24) is 9.97 Å². The van der Waals surface area contributed by atoms with Crippen molar-refractivity contribution < 1.29 is 17.6 Å². The highest BCUT2D eigenvalue weighted by Crippen LogP contribution is 2.43. The summed E-state index contributed by atoms with van der Waals surface area (Å²) in [7, 11) is 0. The van der Waals surface area contributed by atoms with E-state index < -0.39 is 17.3 Å². The molecule has 4 aromatic rings. The average molecular weight is 366 g/mol. The van der Waals surface area contributed by atoms with Crippen molar-refractivity contribution in [2.75, 3.05) is 0 Å². The fourth-order valence-electron chi connectivity index (χ4n) is 2.96. The van der Waals surface area contributed by atoms with Crippen LogP contribution in [-0.4, -0.2) is 9.97 Å². The van der Waals surface area contributed by atoms with E-state index in [-0.39, 0.29) is 16.9 Å². The van der Waals surface area contributed by atoms with Gasteiger partial charge in [-0.15, -0.1) is 0 Å². The molecule has 1 atom stereocenters. The molecule has 0 saturated carbocycles. The molecule has 0 radical (unpaired) electrons. The molecule has 0 saturated heterocycles. The van der Waals surface area contributed by atoms with Gasteiger partial charge in [-0.25, -0.2) is 23.1 Å². The molecule has 0 N–H and O–H groups in total. The lowest BCUT2D eigenvalue weighted by molar-refractivity contribution is 0.224. The molecular formula is C21H13F3N2O. The molecule has 134 valence electrons. The van der Waals surface area contributed by atoms with Crippen LogP contribution in [-0.2, 0) is 5.67 Å². The van der Waals surface area contributed by atoms with Crippen LogP contribution in [0.15, 0.2) is 83.8 Å². The van der Waals surface area contributed by atoms with Crippen LogP contribution < -0.4 is 0 Å². The van der Waals surface area contributed by atoms with Crippen LogP contribution >= 0.6 is 0 Å². The lowest BCUT2D eigenvalue weighted by atomic mass is 9.87. The predicted octanol–water partition coefficient (Wildman–Crippen LogP) is 5.28. The summed E-state index contributed by atoms with van der Waals surface area (Å²) in [5.74, 6) is -1.56. The van der Waals surface area contributed by atoms with Crippen molar-refractivity contribution >= 4 is 0 Å². The Morgan fingerprint density at radius 2 is 1.59 bits per heavy atom. The fourth-order valence-corrected chi connectivity index (χ4v) is 2.96. The molecule has 6 heteroatoms. The number of alkyl halides is 1. The molecule has 0 aliphatic rings. The van der Waals surface area contributed by atoms with Crippen molar-refractivity contribution in [3.63, 3.8) is 0 Å². The SMILES string of the molecule is Fc1ccc(C(F)(c2cncnc2)c2ccc(-c3ccccc3)o2)c(F)c1. The maximum atomic E-state index is 16.4. The molecule has 0 bridgehead atoms. The van der Waals surface area contributed by atoms with Crippen LogP contribution in [0.2, 0.25) is 0 Å². The Hall–Kier alpha value is -3.41. The molecule has 1 unspecified atom stereocenters. The number of hydrogen-bond acceptors (Lipinski definition) is 3. The summed E-state index contributed by atoms with van der Waals surface area (Å²) >= 11 is 0. The van der Waals surface area contributed by atoms with Gasteiger partial charge < -0.3 is 4.42 Å². The fraction of sp³-hybridized carbons (Fsp3) is 0.0476. The van der Waals surface area contributed by atoms with E-state index in [1.165, 1.54) is 24.8 Å². The summed E-state index contributed by atoms with van der Waals surface area (Å²) in [5.41, 5.74) is -2.18. The highest BCUT2D eigenvalue weighted by Gasteiger charge is 2.42. The zero-order chi connectivity index (χ0) is 18.9. The van der Waals surface area contributed by atoms with Gasteiger partial charge in [0.25, 0.3) is 0 Å². The van der Waals surface area contributed by atoms with Crippen LogP contribution in [0, 0.1) is 11.6 Å². The van der Waals surface area contributed by atoms with Crippen LogP contribution in [0.25, 0.3) is 11.3 Å². The first-order valence-corrected chi connectivity index (χ1v) is 8.14. The zero-order valence-corrected chi connectivity index (χ0v) is 13.9. The molecule has 0 spiro atoms. The Labute approximate surface area is 153 Å². The molecule has 2 aromatic heterocycles. The smallest absolute Gasteiger partial charge is 0.223 e. The molecule has 27 heavy (non-hydrogen) atoms. The van der Waals surface area contributed by atoms with Gasteiger partial charge in [0.1, 0.15) is 23.7 Å². The molecule has 0 aliphatic heterocycles. The Kier molecular flexibility index (Phi) is 4.24. The minimum atomic E-state index is -2.52. The third kappa shape index (κ3) is 2.99. The van der Waals surface area contributed by atoms with Gasteiger partial charge in [0.2, 0.25) is 5.67 Å². The second kappa shape index (κ2) is 6.72. The highest BCUT2D eigenvalue weighted by molar-refractivity contribution is 5.58. The molecule has 0 aliphatic carbocycles. The normalized spacial score (nSPS) is 13.3. The highest BCUT2D eigenvalue weighted by atomic mass is 19.2. The van der Waals surface area contributed by atoms with Gasteiger partial charge in [0, 0.05) is 35.2 Å². The summed E-state index contributed by atoms with van der Waals surface area (Å²) in [6, 6.07) is 14.8. The third-order valence-electron chi connectivity index (χ3n) is 4.26. The number of aromatic nitrogens is 2. The van der Waals surface area contributed by atoms with Crippen LogP contribution in [0.1, 0.15) is 16.9 Å². The van der Waals surface area contributed by atoms with Crippen molar-refractivity contribution in [3.8, 4) is 11.3 Å². The maximum absolute atomic E-state index is 16.4. The van der Waals surface area contributed by atoms with E-state index in [1.54, 1.807) is 6.07 Å². The van der Waals surface area contributed by atoms with Gasteiger partial charge >= 0.3 is 0 Å². The van der Waals surface area contributed by atoms with Gasteiger partial charge in [-0.3, -0.25) is 0 Å². The van der Waals surface area contributed by atoms with Gasteiger partial charge in [-0.2, -0.15) is 0 Å². The number of rotatable bonds is 4. The molecule has 0 amide bonds. The first-order chi connectivity index (χ1) is 13.1. The van der Waals surface area contributed by atoms with Gasteiger partial charge in [0.05, 0.1) is 0 Å². The van der Waals surface area contributed by atoms with E-state index in [9.17, 15) is 8.78 Å². The van der Waals surface area contributed by atoms with Crippen molar-refractivity contribution in [1.29, 1.82) is 0 Å². The van der Waals surface area contributed by atoms with E-state index >= 15 is 4.39 Å². The van der Waals surface area contributed by atoms with Gasteiger partial charge in [-0.1, -0.05) is 30.3 Å². The van der Waals surface area contributed by atoms with Crippen LogP contribution in [0.3, 0.4) is 0 Å². The summed E-state index contributed by atoms with van der Waals surface area (Å²) in [4.78, 5) is 7.65. The second-order valence-electron chi connectivity index (χ2n) is 5.94. The summed E-state index contributed by atoms with van der Waals surface area (Å²) in [6.07, 6.45) is 3.71. The number of furan rings is 1. The number of halogens is 3. The Morgan fingerprint density at radius 3 is 2.30 bits per heavy atom. The maximum Gasteiger partial charge on any atom is 0.223 e. The Morgan fingerprint density at radius 1 is 0.852 bits per heavy atom. The molecule has 3 nitrogen and oxygen atoms in total. The zero-order valence-electron chi connectivity index (χ0n) is 13.9. The molecule has 4 rings (SSSR count). The van der Waals surface area contributed by atoms with E-state index in [0.717, 1.165) is 17.7 Å². The summed E-state index contributed by atoms with van der Waals surface area (Å²) in [5, 5.41) is 0. The van der Waals surface area contributed by atoms with E-state index in [4.69, 9.17) is 4.42 Å². The monoisotopic (exact) mass is 366 g/mol. The van der Waals surface area contributed by atoms with Crippen LogP contribution in [0.5, 0.6) is 0 Å². The largest absolute Gasteiger partial charge is 0.457 e. The van der Waals surface area contributed by atoms with Crippen molar-refractivity contribution in [3.05, 3.63) is 108 Å². The van der Waals surface area contributed by atoms with Crippen molar-refractivity contribution in [2.45, 2.75) is 5.67 Å². The van der Waals surface area contributed by atoms with Gasteiger partial charge in [-0.05, 0) is 24.3 Å². The first kappa shape index (κ1) is 17.0. The lowest BCUT2D eigenvalue weighted by Crippen LogP contribution is -2.25. The molecule has 0 fully saturated rings. The molecule has 2 aromatic carbocycles. The minimum Gasteiger partial charge on any atom is -0.457 e. The number of hydrogen-bond donors (Lipinski definition) is 0. The Balaban J connectivity index is 1.91. The summed E-state index contributed by atoms with van der Waals surface area (Å²) in [6.45, 7) is 0. The third-order valence-corrected chi connectivity index (χ3v) is 4.26. The van der Waals surface area contributed by atoms with E-state index in [2.05, 4.69) is 9.97 Å². The van der Waals surface area contributed by atoms with Crippen LogP contribution in [0.4, 0.5) is 13.2 Å². The summed E-state index contributed by atoms with van der Waals surface area (Å²) < 4.78 is 50.0. The number of benzene rings is 2. The van der Waals surface area contributed by atoms with E-state index in [0.29, 0.717) is 11.8 Å². The topological polar surface area (TPSA) is 38.9 Å². The predicted molar refractivity (Wildman–Crippen MR) is 93.5 cm³/mol.